The largest absolute Gasteiger partial charge is 0.482 e. The lowest BCUT2D eigenvalue weighted by molar-refractivity contribution is -0.123. The van der Waals surface area contributed by atoms with E-state index >= 15 is 0 Å². The topological polar surface area (TPSA) is 79.5 Å². The number of rotatable bonds is 6. The van der Waals surface area contributed by atoms with Gasteiger partial charge in [-0.3, -0.25) is 9.59 Å². The summed E-state index contributed by atoms with van der Waals surface area (Å²) in [5.41, 5.74) is 2.22. The van der Waals surface area contributed by atoms with E-state index < -0.39 is 0 Å². The second-order valence-corrected chi connectivity index (χ2v) is 4.94. The molecule has 1 aliphatic rings. The molecule has 0 unspecified atom stereocenters. The van der Waals surface area contributed by atoms with Gasteiger partial charge < -0.3 is 20.7 Å². The van der Waals surface area contributed by atoms with Crippen molar-refractivity contribution >= 4 is 17.5 Å². The second kappa shape index (κ2) is 7.52. The molecule has 114 valence electrons. The predicted octanol–water partition coefficient (Wildman–Crippen LogP) is 0.676. The van der Waals surface area contributed by atoms with Crippen LogP contribution in [0.2, 0.25) is 0 Å². The van der Waals surface area contributed by atoms with Gasteiger partial charge in [0.25, 0.3) is 5.91 Å². The molecule has 1 aromatic rings. The summed E-state index contributed by atoms with van der Waals surface area (Å²) < 4.78 is 5.58. The Kier molecular flexibility index (Phi) is 5.43. The van der Waals surface area contributed by atoms with Gasteiger partial charge in [-0.15, -0.1) is 0 Å². The molecule has 0 bridgehead atoms. The zero-order valence-corrected chi connectivity index (χ0v) is 12.2. The molecule has 1 aliphatic heterocycles. The van der Waals surface area contributed by atoms with Crippen molar-refractivity contribution in [2.45, 2.75) is 19.8 Å². The Morgan fingerprint density at radius 3 is 2.90 bits per heavy atom. The second-order valence-electron chi connectivity index (χ2n) is 4.94. The van der Waals surface area contributed by atoms with E-state index in [9.17, 15) is 9.59 Å². The van der Waals surface area contributed by atoms with Gasteiger partial charge in [0.2, 0.25) is 5.91 Å². The number of hydrogen-bond donors (Lipinski definition) is 3. The quantitative estimate of drug-likeness (QED) is 0.673. The maximum absolute atomic E-state index is 11.7. The van der Waals surface area contributed by atoms with E-state index in [4.69, 9.17) is 4.74 Å². The van der Waals surface area contributed by atoms with Gasteiger partial charge in [-0.1, -0.05) is 12.1 Å². The van der Waals surface area contributed by atoms with Crippen LogP contribution in [-0.4, -0.2) is 38.1 Å². The molecule has 1 heterocycles. The van der Waals surface area contributed by atoms with Crippen molar-refractivity contribution in [3.63, 3.8) is 0 Å². The zero-order chi connectivity index (χ0) is 15.1. The van der Waals surface area contributed by atoms with E-state index in [0.29, 0.717) is 18.8 Å². The highest BCUT2D eigenvalue weighted by molar-refractivity contribution is 5.78. The molecule has 2 rings (SSSR count). The molecule has 0 aromatic heterocycles. The van der Waals surface area contributed by atoms with Gasteiger partial charge >= 0.3 is 0 Å². The Morgan fingerprint density at radius 1 is 1.29 bits per heavy atom. The highest BCUT2D eigenvalue weighted by Gasteiger charge is 2.14. The third-order valence-electron chi connectivity index (χ3n) is 3.22. The Bertz CT molecular complexity index is 517. The molecule has 0 atom stereocenters. The molecule has 0 saturated heterocycles. The van der Waals surface area contributed by atoms with E-state index in [1.54, 1.807) is 0 Å². The average Bonchev–Trinajstić information content (AvgIpc) is 2.49. The van der Waals surface area contributed by atoms with Gasteiger partial charge in [0.05, 0.1) is 5.69 Å². The molecular formula is C15H21N3O3. The number of carbonyl (C=O) groups is 2. The van der Waals surface area contributed by atoms with Gasteiger partial charge in [-0.25, -0.2) is 0 Å². The van der Waals surface area contributed by atoms with E-state index in [1.807, 2.05) is 12.1 Å². The number of ether oxygens (including phenoxy) is 1. The summed E-state index contributed by atoms with van der Waals surface area (Å²) in [4.78, 5) is 22.3. The van der Waals surface area contributed by atoms with Crippen LogP contribution in [0.25, 0.3) is 0 Å². The number of amides is 2. The zero-order valence-electron chi connectivity index (χ0n) is 12.2. The summed E-state index contributed by atoms with van der Waals surface area (Å²) >= 11 is 0. The van der Waals surface area contributed by atoms with E-state index in [2.05, 4.69) is 22.0 Å². The molecule has 6 nitrogen and oxygen atoms in total. The SMILES string of the molecule is CC(=O)NCCNC(=O)COc1cccc2c1NCCC2. The molecule has 1 aromatic carbocycles. The number of hydrogen-bond acceptors (Lipinski definition) is 4. The number of carbonyl (C=O) groups excluding carboxylic acids is 2. The van der Waals surface area contributed by atoms with Crippen molar-refractivity contribution in [3.8, 4) is 5.75 Å². The van der Waals surface area contributed by atoms with Crippen LogP contribution in [0.5, 0.6) is 5.75 Å². The lowest BCUT2D eigenvalue weighted by atomic mass is 10.0. The number of aryl methyl sites for hydroxylation is 1. The number of nitrogens with one attached hydrogen (secondary N) is 3. The Morgan fingerprint density at radius 2 is 2.10 bits per heavy atom. The van der Waals surface area contributed by atoms with Crippen LogP contribution in [0.3, 0.4) is 0 Å². The van der Waals surface area contributed by atoms with Crippen molar-refractivity contribution < 1.29 is 14.3 Å². The van der Waals surface area contributed by atoms with E-state index in [1.165, 1.54) is 12.5 Å². The standard InChI is InChI=1S/C15H21N3O3/c1-11(19)16-8-9-17-14(20)10-21-13-6-2-4-12-5-3-7-18-15(12)13/h2,4,6,18H,3,5,7-10H2,1H3,(H,16,19)(H,17,20). The number of benzene rings is 1. The van der Waals surface area contributed by atoms with Crippen LogP contribution < -0.4 is 20.7 Å². The molecule has 6 heteroatoms. The summed E-state index contributed by atoms with van der Waals surface area (Å²) in [6, 6.07) is 5.87. The monoisotopic (exact) mass is 291 g/mol. The van der Waals surface area contributed by atoms with Crippen LogP contribution in [-0.2, 0) is 16.0 Å². The highest BCUT2D eigenvalue weighted by atomic mass is 16.5. The third-order valence-corrected chi connectivity index (χ3v) is 3.22. The first-order chi connectivity index (χ1) is 10.2. The van der Waals surface area contributed by atoms with Gasteiger partial charge in [-0.2, -0.15) is 0 Å². The summed E-state index contributed by atoms with van der Waals surface area (Å²) in [5, 5.41) is 8.62. The summed E-state index contributed by atoms with van der Waals surface area (Å²) in [6.45, 7) is 3.15. The first-order valence-corrected chi connectivity index (χ1v) is 7.16. The van der Waals surface area contributed by atoms with Crippen molar-refractivity contribution in [2.75, 3.05) is 31.6 Å². The predicted molar refractivity (Wildman–Crippen MR) is 80.4 cm³/mol. The normalized spacial score (nSPS) is 12.8. The number of fused-ring (bicyclic) bond motifs is 1. The van der Waals surface area contributed by atoms with Crippen LogP contribution in [0.1, 0.15) is 18.9 Å². The van der Waals surface area contributed by atoms with Crippen molar-refractivity contribution in [3.05, 3.63) is 23.8 Å². The van der Waals surface area contributed by atoms with Gasteiger partial charge in [-0.05, 0) is 24.5 Å². The Balaban J connectivity index is 1.78. The first kappa shape index (κ1) is 15.2. The van der Waals surface area contributed by atoms with Crippen LogP contribution in [0.15, 0.2) is 18.2 Å². The summed E-state index contributed by atoms with van der Waals surface area (Å²) in [6.07, 6.45) is 2.14. The molecule has 0 spiro atoms. The van der Waals surface area contributed by atoms with Crippen LogP contribution in [0.4, 0.5) is 5.69 Å². The Hall–Kier alpha value is -2.24. The van der Waals surface area contributed by atoms with Crippen LogP contribution in [0, 0.1) is 0 Å². The molecular weight excluding hydrogens is 270 g/mol. The van der Waals surface area contributed by atoms with E-state index in [0.717, 1.165) is 25.1 Å². The van der Waals surface area contributed by atoms with Gasteiger partial charge in [0.1, 0.15) is 5.75 Å². The third kappa shape index (κ3) is 4.66. The molecule has 0 saturated carbocycles. The van der Waals surface area contributed by atoms with Crippen molar-refractivity contribution in [1.29, 1.82) is 0 Å². The minimum atomic E-state index is -0.200. The molecule has 0 aliphatic carbocycles. The average molecular weight is 291 g/mol. The molecule has 21 heavy (non-hydrogen) atoms. The number of para-hydroxylation sites is 1. The minimum absolute atomic E-state index is 0.0296. The van der Waals surface area contributed by atoms with Gasteiger partial charge in [0.15, 0.2) is 6.61 Å². The van der Waals surface area contributed by atoms with Crippen molar-refractivity contribution in [1.82, 2.24) is 10.6 Å². The minimum Gasteiger partial charge on any atom is -0.482 e. The summed E-state index contributed by atoms with van der Waals surface area (Å²) in [5.74, 6) is 0.403. The van der Waals surface area contributed by atoms with E-state index in [-0.39, 0.29) is 18.4 Å². The fourth-order valence-electron chi connectivity index (χ4n) is 2.23. The van der Waals surface area contributed by atoms with Crippen molar-refractivity contribution in [2.24, 2.45) is 0 Å². The maximum Gasteiger partial charge on any atom is 0.258 e. The smallest absolute Gasteiger partial charge is 0.258 e. The Labute approximate surface area is 124 Å². The maximum atomic E-state index is 11.7. The van der Waals surface area contributed by atoms with Crippen LogP contribution >= 0.6 is 0 Å². The highest BCUT2D eigenvalue weighted by Crippen LogP contribution is 2.31. The van der Waals surface area contributed by atoms with Gasteiger partial charge in [0, 0.05) is 26.6 Å². The molecule has 0 radical (unpaired) electrons. The molecule has 3 N–H and O–H groups in total. The fourth-order valence-corrected chi connectivity index (χ4v) is 2.23. The molecule has 0 fully saturated rings. The lowest BCUT2D eigenvalue weighted by Gasteiger charge is -2.21. The molecule has 2 amide bonds. The lowest BCUT2D eigenvalue weighted by Crippen LogP contribution is -2.36. The summed E-state index contributed by atoms with van der Waals surface area (Å²) in [7, 11) is 0. The fraction of sp³-hybridized carbons (Fsp3) is 0.467. The first-order valence-electron chi connectivity index (χ1n) is 7.16. The number of anilines is 1.